The zero-order chi connectivity index (χ0) is 20.4. The van der Waals surface area contributed by atoms with Crippen molar-refractivity contribution in [3.63, 3.8) is 0 Å². The molecular formula is C21H36N4O3. The first-order chi connectivity index (χ1) is 13.4. The Kier molecular flexibility index (Phi) is 9.02. The van der Waals surface area contributed by atoms with Gasteiger partial charge in [0, 0.05) is 26.2 Å². The first-order valence-electron chi connectivity index (χ1n) is 10.1. The van der Waals surface area contributed by atoms with Crippen molar-refractivity contribution in [3.8, 4) is 5.75 Å². The molecule has 7 nitrogen and oxygen atoms in total. The first kappa shape index (κ1) is 22.5. The molecule has 0 saturated carbocycles. The van der Waals surface area contributed by atoms with Gasteiger partial charge in [-0.2, -0.15) is 0 Å². The highest BCUT2D eigenvalue weighted by Crippen LogP contribution is 2.15. The zero-order valence-corrected chi connectivity index (χ0v) is 17.8. The van der Waals surface area contributed by atoms with Gasteiger partial charge >= 0.3 is 0 Å². The SMILES string of the molecule is CCNC(=NCC(C)(O)CN1CCOCC1)NCCOc1cc(C)cc(C)c1. The molecule has 3 N–H and O–H groups in total. The van der Waals surface area contributed by atoms with Crippen molar-refractivity contribution in [2.45, 2.75) is 33.3 Å². The number of ether oxygens (including phenoxy) is 2. The van der Waals surface area contributed by atoms with Gasteiger partial charge in [-0.1, -0.05) is 6.07 Å². The minimum Gasteiger partial charge on any atom is -0.492 e. The number of benzene rings is 1. The molecule has 0 spiro atoms. The zero-order valence-electron chi connectivity index (χ0n) is 17.8. The number of nitrogens with zero attached hydrogens (tertiary/aromatic N) is 2. The van der Waals surface area contributed by atoms with Gasteiger partial charge in [-0.25, -0.2) is 0 Å². The van der Waals surface area contributed by atoms with Crippen molar-refractivity contribution < 1.29 is 14.6 Å². The molecule has 1 fully saturated rings. The maximum atomic E-state index is 10.7. The highest BCUT2D eigenvalue weighted by atomic mass is 16.5. The minimum atomic E-state index is -0.880. The van der Waals surface area contributed by atoms with Gasteiger partial charge < -0.3 is 25.2 Å². The molecule has 1 aliphatic rings. The second-order valence-electron chi connectivity index (χ2n) is 7.68. The van der Waals surface area contributed by atoms with E-state index >= 15 is 0 Å². The Bertz CT molecular complexity index is 608. The Hall–Kier alpha value is -1.83. The van der Waals surface area contributed by atoms with Crippen LogP contribution in [0.4, 0.5) is 0 Å². The summed E-state index contributed by atoms with van der Waals surface area (Å²) in [6, 6.07) is 6.20. The average Bonchev–Trinajstić information content (AvgIpc) is 2.63. The van der Waals surface area contributed by atoms with Gasteiger partial charge in [0.1, 0.15) is 12.4 Å². The molecule has 1 saturated heterocycles. The summed E-state index contributed by atoms with van der Waals surface area (Å²) in [5.41, 5.74) is 1.51. The quantitative estimate of drug-likeness (QED) is 0.334. The average molecular weight is 393 g/mol. The van der Waals surface area contributed by atoms with Crippen molar-refractivity contribution in [2.75, 3.05) is 59.1 Å². The van der Waals surface area contributed by atoms with Crippen LogP contribution >= 0.6 is 0 Å². The molecule has 1 atom stereocenters. The van der Waals surface area contributed by atoms with Crippen LogP contribution in [0.3, 0.4) is 0 Å². The molecule has 0 aliphatic carbocycles. The van der Waals surface area contributed by atoms with E-state index in [9.17, 15) is 5.11 Å². The van der Waals surface area contributed by atoms with Crippen molar-refractivity contribution in [1.29, 1.82) is 0 Å². The third kappa shape index (κ3) is 8.46. The molecule has 0 aromatic heterocycles. The number of aryl methyl sites for hydroxylation is 2. The van der Waals surface area contributed by atoms with Crippen LogP contribution in [0.5, 0.6) is 5.75 Å². The summed E-state index contributed by atoms with van der Waals surface area (Å²) in [6.07, 6.45) is 0. The Balaban J connectivity index is 1.78. The highest BCUT2D eigenvalue weighted by Gasteiger charge is 2.25. The summed E-state index contributed by atoms with van der Waals surface area (Å²) in [7, 11) is 0. The minimum absolute atomic E-state index is 0.331. The number of aliphatic imine (C=N–C) groups is 1. The third-order valence-corrected chi connectivity index (χ3v) is 4.45. The molecule has 2 rings (SSSR count). The van der Waals surface area contributed by atoms with Gasteiger partial charge in [-0.3, -0.25) is 9.89 Å². The number of hydrogen-bond acceptors (Lipinski definition) is 5. The van der Waals surface area contributed by atoms with E-state index in [1.807, 2.05) is 26.0 Å². The van der Waals surface area contributed by atoms with Gasteiger partial charge in [0.05, 0.1) is 31.9 Å². The molecule has 1 aromatic carbocycles. The monoisotopic (exact) mass is 392 g/mol. The Labute approximate surface area is 169 Å². The number of hydrogen-bond donors (Lipinski definition) is 3. The fourth-order valence-electron chi connectivity index (χ4n) is 3.24. The van der Waals surface area contributed by atoms with Crippen LogP contribution in [0.25, 0.3) is 0 Å². The molecule has 1 heterocycles. The third-order valence-electron chi connectivity index (χ3n) is 4.45. The van der Waals surface area contributed by atoms with E-state index < -0.39 is 5.60 Å². The van der Waals surface area contributed by atoms with E-state index in [1.165, 1.54) is 11.1 Å². The molecule has 0 radical (unpaired) electrons. The number of morpholine rings is 1. The summed E-state index contributed by atoms with van der Waals surface area (Å²) >= 11 is 0. The van der Waals surface area contributed by atoms with E-state index in [0.29, 0.717) is 32.2 Å². The Morgan fingerprint density at radius 2 is 1.89 bits per heavy atom. The molecule has 0 bridgehead atoms. The molecule has 1 unspecified atom stereocenters. The molecule has 1 aliphatic heterocycles. The van der Waals surface area contributed by atoms with Crippen LogP contribution in [-0.2, 0) is 4.74 Å². The van der Waals surface area contributed by atoms with Crippen LogP contribution in [0.2, 0.25) is 0 Å². The summed E-state index contributed by atoms with van der Waals surface area (Å²) in [4.78, 5) is 6.77. The van der Waals surface area contributed by atoms with Gasteiger partial charge in [-0.05, 0) is 51.0 Å². The maximum absolute atomic E-state index is 10.7. The smallest absolute Gasteiger partial charge is 0.191 e. The lowest BCUT2D eigenvalue weighted by Gasteiger charge is -2.33. The van der Waals surface area contributed by atoms with E-state index in [0.717, 1.165) is 38.6 Å². The summed E-state index contributed by atoms with van der Waals surface area (Å²) < 4.78 is 11.2. The fourth-order valence-corrected chi connectivity index (χ4v) is 3.24. The topological polar surface area (TPSA) is 78.4 Å². The van der Waals surface area contributed by atoms with Gasteiger partial charge in [0.15, 0.2) is 5.96 Å². The lowest BCUT2D eigenvalue weighted by atomic mass is 10.1. The second kappa shape index (κ2) is 11.2. The first-order valence-corrected chi connectivity index (χ1v) is 10.1. The van der Waals surface area contributed by atoms with Crippen molar-refractivity contribution >= 4 is 5.96 Å². The Morgan fingerprint density at radius 3 is 2.54 bits per heavy atom. The van der Waals surface area contributed by atoms with Crippen LogP contribution in [0.15, 0.2) is 23.2 Å². The highest BCUT2D eigenvalue weighted by molar-refractivity contribution is 5.79. The molecule has 7 heteroatoms. The van der Waals surface area contributed by atoms with E-state index in [4.69, 9.17) is 9.47 Å². The van der Waals surface area contributed by atoms with Crippen molar-refractivity contribution in [2.24, 2.45) is 4.99 Å². The largest absolute Gasteiger partial charge is 0.492 e. The van der Waals surface area contributed by atoms with E-state index in [2.05, 4.69) is 40.4 Å². The molecular weight excluding hydrogens is 356 g/mol. The molecule has 0 amide bonds. The van der Waals surface area contributed by atoms with Gasteiger partial charge in [-0.15, -0.1) is 0 Å². The standard InChI is InChI=1S/C21H36N4O3/c1-5-22-20(23-6-9-28-19-13-17(2)12-18(3)14-19)24-15-21(4,26)16-25-7-10-27-11-8-25/h12-14,26H,5-11,15-16H2,1-4H3,(H2,22,23,24). The summed E-state index contributed by atoms with van der Waals surface area (Å²) in [6.45, 7) is 14.0. The number of guanidine groups is 1. The number of rotatable bonds is 9. The van der Waals surface area contributed by atoms with E-state index in [1.54, 1.807) is 0 Å². The molecule has 1 aromatic rings. The van der Waals surface area contributed by atoms with Crippen LogP contribution in [-0.4, -0.2) is 80.7 Å². The lowest BCUT2D eigenvalue weighted by Crippen LogP contribution is -2.48. The maximum Gasteiger partial charge on any atom is 0.191 e. The number of aliphatic hydroxyl groups is 1. The summed E-state index contributed by atoms with van der Waals surface area (Å²) in [5, 5.41) is 17.2. The van der Waals surface area contributed by atoms with Crippen LogP contribution in [0.1, 0.15) is 25.0 Å². The van der Waals surface area contributed by atoms with Gasteiger partial charge in [0.25, 0.3) is 0 Å². The van der Waals surface area contributed by atoms with Crippen molar-refractivity contribution in [1.82, 2.24) is 15.5 Å². The number of nitrogens with one attached hydrogen (secondary N) is 2. The summed E-state index contributed by atoms with van der Waals surface area (Å²) in [5.74, 6) is 1.57. The predicted octanol–water partition coefficient (Wildman–Crippen LogP) is 1.32. The Morgan fingerprint density at radius 1 is 1.21 bits per heavy atom. The van der Waals surface area contributed by atoms with E-state index in [-0.39, 0.29) is 0 Å². The van der Waals surface area contributed by atoms with Crippen molar-refractivity contribution in [3.05, 3.63) is 29.3 Å². The predicted molar refractivity (Wildman–Crippen MR) is 113 cm³/mol. The lowest BCUT2D eigenvalue weighted by molar-refractivity contribution is -0.0179. The van der Waals surface area contributed by atoms with Gasteiger partial charge in [0.2, 0.25) is 0 Å². The van der Waals surface area contributed by atoms with Crippen LogP contribution in [0, 0.1) is 13.8 Å². The normalized spacial score (nSPS) is 17.8. The molecule has 158 valence electrons. The molecule has 28 heavy (non-hydrogen) atoms. The van der Waals surface area contributed by atoms with Crippen LogP contribution < -0.4 is 15.4 Å². The second-order valence-corrected chi connectivity index (χ2v) is 7.68. The fraction of sp³-hybridized carbons (Fsp3) is 0.667. The number of β-amino-alcohol motifs (C(OH)–C–C–N with tert-alkyl or cyclic N) is 1.